The van der Waals surface area contributed by atoms with E-state index in [1.54, 1.807) is 0 Å². The third-order valence-electron chi connectivity index (χ3n) is 4.78. The van der Waals surface area contributed by atoms with Crippen LogP contribution in [0.4, 0.5) is 0 Å². The molecule has 2 atom stereocenters. The summed E-state index contributed by atoms with van der Waals surface area (Å²) >= 11 is 2.36. The molecule has 1 heterocycles. The molecule has 0 bridgehead atoms. The Morgan fingerprint density at radius 1 is 1.16 bits per heavy atom. The van der Waals surface area contributed by atoms with Crippen molar-refractivity contribution in [3.05, 3.63) is 69.3 Å². The van der Waals surface area contributed by atoms with Gasteiger partial charge in [0.2, 0.25) is 0 Å². The lowest BCUT2D eigenvalue weighted by Gasteiger charge is -2.43. The number of carboxylic acid groups (broad SMARTS) is 1. The zero-order valence-corrected chi connectivity index (χ0v) is 16.5. The van der Waals surface area contributed by atoms with Gasteiger partial charge in [-0.1, -0.05) is 42.5 Å². The van der Waals surface area contributed by atoms with Crippen molar-refractivity contribution < 1.29 is 9.90 Å². The monoisotopic (exact) mass is 450 g/mol. The van der Waals surface area contributed by atoms with E-state index in [4.69, 9.17) is 5.11 Å². The molecule has 0 spiro atoms. The number of carboxylic acids is 1. The zero-order valence-electron chi connectivity index (χ0n) is 14.3. The molecule has 2 aromatic rings. The molecule has 2 aromatic carbocycles. The van der Waals surface area contributed by atoms with E-state index >= 15 is 0 Å². The van der Waals surface area contributed by atoms with Crippen molar-refractivity contribution >= 4 is 28.6 Å². The lowest BCUT2D eigenvalue weighted by Crippen LogP contribution is -2.54. The van der Waals surface area contributed by atoms with E-state index < -0.39 is 5.97 Å². The third-order valence-corrected chi connectivity index (χ3v) is 5.45. The summed E-state index contributed by atoms with van der Waals surface area (Å²) in [5, 5.41) is 9.09. The first kappa shape index (κ1) is 18.4. The number of carbonyl (C=O) groups is 1. The Labute approximate surface area is 162 Å². The standard InChI is InChI=1S/C20H23IN2O2/c1-15-13-23(11-10-22(15)14-19(24)25)20(16-6-3-2-4-7-16)17-8-5-9-18(21)12-17/h2-9,12,15,20H,10-11,13-14H2,1H3,(H,24,25)/t15?,20-/m1/s1. The molecule has 0 aromatic heterocycles. The molecule has 0 amide bonds. The highest BCUT2D eigenvalue weighted by atomic mass is 127. The van der Waals surface area contributed by atoms with E-state index in [2.05, 4.69) is 87.8 Å². The van der Waals surface area contributed by atoms with E-state index in [0.29, 0.717) is 0 Å². The fourth-order valence-electron chi connectivity index (χ4n) is 3.59. The average molecular weight is 450 g/mol. The highest BCUT2D eigenvalue weighted by molar-refractivity contribution is 14.1. The molecule has 1 fully saturated rings. The third kappa shape index (κ3) is 4.59. The van der Waals surface area contributed by atoms with Gasteiger partial charge in [-0.15, -0.1) is 0 Å². The van der Waals surface area contributed by atoms with Gasteiger partial charge in [-0.3, -0.25) is 14.6 Å². The molecule has 1 aliphatic heterocycles. The lowest BCUT2D eigenvalue weighted by atomic mass is 9.95. The number of aliphatic carboxylic acids is 1. The summed E-state index contributed by atoms with van der Waals surface area (Å²) in [5.74, 6) is -0.752. The van der Waals surface area contributed by atoms with E-state index in [1.165, 1.54) is 14.7 Å². The minimum Gasteiger partial charge on any atom is -0.480 e. The molecule has 3 rings (SSSR count). The molecule has 1 saturated heterocycles. The Morgan fingerprint density at radius 2 is 1.88 bits per heavy atom. The summed E-state index contributed by atoms with van der Waals surface area (Å²) in [7, 11) is 0. The topological polar surface area (TPSA) is 43.8 Å². The van der Waals surface area contributed by atoms with E-state index in [0.717, 1.165) is 19.6 Å². The van der Waals surface area contributed by atoms with E-state index in [1.807, 2.05) is 6.07 Å². The Bertz CT molecular complexity index is 723. The minimum atomic E-state index is -0.752. The van der Waals surface area contributed by atoms with Crippen LogP contribution in [-0.4, -0.2) is 53.1 Å². The molecule has 5 heteroatoms. The molecular weight excluding hydrogens is 427 g/mol. The predicted molar refractivity (Wildman–Crippen MR) is 108 cm³/mol. The number of piperazine rings is 1. The molecular formula is C20H23IN2O2. The van der Waals surface area contributed by atoms with Gasteiger partial charge < -0.3 is 5.11 Å². The summed E-state index contributed by atoms with van der Waals surface area (Å²) in [6, 6.07) is 19.6. The number of hydrogen-bond acceptors (Lipinski definition) is 3. The van der Waals surface area contributed by atoms with E-state index in [-0.39, 0.29) is 18.6 Å². The van der Waals surface area contributed by atoms with Crippen molar-refractivity contribution in [2.45, 2.75) is 19.0 Å². The first-order chi connectivity index (χ1) is 12.0. The molecule has 25 heavy (non-hydrogen) atoms. The second-order valence-corrected chi connectivity index (χ2v) is 7.82. The van der Waals surface area contributed by atoms with Crippen molar-refractivity contribution in [2.24, 2.45) is 0 Å². The first-order valence-corrected chi connectivity index (χ1v) is 9.63. The van der Waals surface area contributed by atoms with Gasteiger partial charge >= 0.3 is 5.97 Å². The highest BCUT2D eigenvalue weighted by Gasteiger charge is 2.30. The van der Waals surface area contributed by atoms with Crippen LogP contribution in [0.15, 0.2) is 54.6 Å². The Balaban J connectivity index is 1.87. The highest BCUT2D eigenvalue weighted by Crippen LogP contribution is 2.31. The zero-order chi connectivity index (χ0) is 17.8. The SMILES string of the molecule is CC1CN([C@H](c2ccccc2)c2cccc(I)c2)CCN1CC(=O)O. The molecule has 4 nitrogen and oxygen atoms in total. The van der Waals surface area contributed by atoms with Gasteiger partial charge in [0.1, 0.15) is 0 Å². The van der Waals surface area contributed by atoms with Crippen LogP contribution < -0.4 is 0 Å². The van der Waals surface area contributed by atoms with Gasteiger partial charge in [0, 0.05) is 29.2 Å². The smallest absolute Gasteiger partial charge is 0.317 e. The minimum absolute atomic E-state index is 0.119. The van der Waals surface area contributed by atoms with Gasteiger partial charge in [-0.2, -0.15) is 0 Å². The maximum atomic E-state index is 11.1. The molecule has 0 saturated carbocycles. The Hall–Kier alpha value is -1.44. The second-order valence-electron chi connectivity index (χ2n) is 6.58. The van der Waals surface area contributed by atoms with Crippen molar-refractivity contribution in [1.82, 2.24) is 9.80 Å². The van der Waals surface area contributed by atoms with Crippen molar-refractivity contribution in [3.8, 4) is 0 Å². The van der Waals surface area contributed by atoms with Gasteiger partial charge in [-0.05, 0) is 52.8 Å². The number of rotatable bonds is 5. The van der Waals surface area contributed by atoms with Crippen LogP contribution in [0.1, 0.15) is 24.1 Å². The normalized spacial score (nSPS) is 20.3. The summed E-state index contributed by atoms with van der Waals surface area (Å²) in [5.41, 5.74) is 2.57. The fourth-order valence-corrected chi connectivity index (χ4v) is 4.16. The Kier molecular flexibility index (Phi) is 6.09. The van der Waals surface area contributed by atoms with Gasteiger partial charge in [0.15, 0.2) is 0 Å². The maximum absolute atomic E-state index is 11.1. The van der Waals surface area contributed by atoms with Crippen LogP contribution in [0.2, 0.25) is 0 Å². The van der Waals surface area contributed by atoms with Crippen LogP contribution in [0, 0.1) is 3.57 Å². The predicted octanol–water partition coefficient (Wildman–Crippen LogP) is 3.47. The molecule has 0 radical (unpaired) electrons. The van der Waals surface area contributed by atoms with Crippen LogP contribution in [0.5, 0.6) is 0 Å². The van der Waals surface area contributed by atoms with Crippen molar-refractivity contribution in [3.63, 3.8) is 0 Å². The van der Waals surface area contributed by atoms with Gasteiger partial charge in [0.25, 0.3) is 0 Å². The molecule has 1 N–H and O–H groups in total. The summed E-state index contributed by atoms with van der Waals surface area (Å²) in [6.07, 6.45) is 0. The van der Waals surface area contributed by atoms with E-state index in [9.17, 15) is 4.79 Å². The average Bonchev–Trinajstić information content (AvgIpc) is 2.58. The van der Waals surface area contributed by atoms with Gasteiger partial charge in [-0.25, -0.2) is 0 Å². The number of nitrogens with zero attached hydrogens (tertiary/aromatic N) is 2. The Morgan fingerprint density at radius 3 is 2.52 bits per heavy atom. The number of benzene rings is 2. The first-order valence-electron chi connectivity index (χ1n) is 8.55. The molecule has 1 unspecified atom stereocenters. The van der Waals surface area contributed by atoms with Crippen molar-refractivity contribution in [2.75, 3.05) is 26.2 Å². The quantitative estimate of drug-likeness (QED) is 0.709. The van der Waals surface area contributed by atoms with Crippen LogP contribution in [-0.2, 0) is 4.79 Å². The maximum Gasteiger partial charge on any atom is 0.317 e. The molecule has 132 valence electrons. The van der Waals surface area contributed by atoms with Crippen LogP contribution in [0.25, 0.3) is 0 Å². The largest absolute Gasteiger partial charge is 0.480 e. The van der Waals surface area contributed by atoms with Crippen molar-refractivity contribution in [1.29, 1.82) is 0 Å². The fraction of sp³-hybridized carbons (Fsp3) is 0.350. The van der Waals surface area contributed by atoms with Gasteiger partial charge in [0.05, 0.1) is 12.6 Å². The second kappa shape index (κ2) is 8.29. The molecule has 0 aliphatic carbocycles. The summed E-state index contributed by atoms with van der Waals surface area (Å²) in [6.45, 7) is 4.74. The van der Waals surface area contributed by atoms with Crippen LogP contribution >= 0.6 is 22.6 Å². The summed E-state index contributed by atoms with van der Waals surface area (Å²) < 4.78 is 1.23. The number of hydrogen-bond donors (Lipinski definition) is 1. The lowest BCUT2D eigenvalue weighted by molar-refractivity contribution is -0.139. The summed E-state index contributed by atoms with van der Waals surface area (Å²) in [4.78, 5) is 15.6. The van der Waals surface area contributed by atoms with Crippen LogP contribution in [0.3, 0.4) is 0 Å². The number of halogens is 1. The molecule has 1 aliphatic rings.